The largest absolute Gasteiger partial charge is 0.379 e. The second-order valence-electron chi connectivity index (χ2n) is 4.00. The van der Waals surface area contributed by atoms with Gasteiger partial charge in [0, 0.05) is 23.9 Å². The molecule has 1 rings (SSSR count). The Hall–Kier alpha value is 0.160. The van der Waals surface area contributed by atoms with Crippen molar-refractivity contribution in [3.8, 4) is 0 Å². The Bertz CT molecular complexity index is 287. The van der Waals surface area contributed by atoms with Crippen molar-refractivity contribution < 1.29 is 17.9 Å². The molecule has 0 aromatic heterocycles. The van der Waals surface area contributed by atoms with E-state index in [-0.39, 0.29) is 11.9 Å². The Balaban J connectivity index is 2.04. The predicted molar refractivity (Wildman–Crippen MR) is 63.2 cm³/mol. The number of rotatable bonds is 9. The smallest absolute Gasteiger partial charge is 0.232 e. The van der Waals surface area contributed by atoms with Gasteiger partial charge >= 0.3 is 0 Å². The van der Waals surface area contributed by atoms with Crippen molar-refractivity contribution in [2.45, 2.75) is 32.3 Å². The van der Waals surface area contributed by atoms with E-state index in [4.69, 9.17) is 20.2 Å². The highest BCUT2D eigenvalue weighted by atomic mass is 35.7. The molecule has 0 amide bonds. The molecule has 16 heavy (non-hydrogen) atoms. The maximum atomic E-state index is 10.6. The molecule has 1 atom stereocenters. The summed E-state index contributed by atoms with van der Waals surface area (Å²) in [7, 11) is 1.70. The summed E-state index contributed by atoms with van der Waals surface area (Å²) in [6.45, 7) is 3.64. The van der Waals surface area contributed by atoms with Crippen molar-refractivity contribution in [3.63, 3.8) is 0 Å². The average Bonchev–Trinajstić information content (AvgIpc) is 2.97. The minimum Gasteiger partial charge on any atom is -0.379 e. The fourth-order valence-corrected chi connectivity index (χ4v) is 2.33. The van der Waals surface area contributed by atoms with Crippen molar-refractivity contribution in [1.82, 2.24) is 0 Å². The molecule has 0 aliphatic heterocycles. The van der Waals surface area contributed by atoms with Crippen LogP contribution in [-0.2, 0) is 18.5 Å². The normalized spacial score (nSPS) is 18.6. The van der Waals surface area contributed by atoms with Crippen LogP contribution >= 0.6 is 10.7 Å². The van der Waals surface area contributed by atoms with E-state index in [9.17, 15) is 8.42 Å². The highest BCUT2D eigenvalue weighted by Gasteiger charge is 2.31. The van der Waals surface area contributed by atoms with Crippen molar-refractivity contribution in [3.05, 3.63) is 0 Å². The molecule has 0 aromatic carbocycles. The number of halogens is 1. The molecule has 4 nitrogen and oxygen atoms in total. The Morgan fingerprint density at radius 1 is 1.44 bits per heavy atom. The second-order valence-corrected chi connectivity index (χ2v) is 6.90. The minimum absolute atomic E-state index is 0.0305. The van der Waals surface area contributed by atoms with Crippen LogP contribution in [-0.4, -0.2) is 40.1 Å². The van der Waals surface area contributed by atoms with Crippen molar-refractivity contribution >= 4 is 19.7 Å². The van der Waals surface area contributed by atoms with Crippen LogP contribution in [0, 0.1) is 5.92 Å². The SMILES string of the molecule is CCOC(COCCCS(=O)(=O)Cl)C1CC1. The molecule has 1 unspecified atom stereocenters. The summed E-state index contributed by atoms with van der Waals surface area (Å²) >= 11 is 0. The van der Waals surface area contributed by atoms with Gasteiger partial charge in [0.25, 0.3) is 0 Å². The van der Waals surface area contributed by atoms with Crippen molar-refractivity contribution in [2.24, 2.45) is 5.92 Å². The monoisotopic (exact) mass is 270 g/mol. The van der Waals surface area contributed by atoms with E-state index in [0.29, 0.717) is 32.2 Å². The molecule has 0 radical (unpaired) electrons. The van der Waals surface area contributed by atoms with Gasteiger partial charge in [0.1, 0.15) is 0 Å². The van der Waals surface area contributed by atoms with Crippen LogP contribution in [0.5, 0.6) is 0 Å². The first-order valence-corrected chi connectivity index (χ1v) is 8.12. The fraction of sp³-hybridized carbons (Fsp3) is 1.00. The van der Waals surface area contributed by atoms with Gasteiger partial charge in [0.2, 0.25) is 9.05 Å². The van der Waals surface area contributed by atoms with E-state index >= 15 is 0 Å². The summed E-state index contributed by atoms with van der Waals surface area (Å²) in [5.41, 5.74) is 0. The van der Waals surface area contributed by atoms with Gasteiger partial charge < -0.3 is 9.47 Å². The zero-order chi connectivity index (χ0) is 12.0. The third-order valence-corrected chi connectivity index (χ3v) is 3.73. The van der Waals surface area contributed by atoms with Gasteiger partial charge in [-0.05, 0) is 32.1 Å². The van der Waals surface area contributed by atoms with E-state index in [1.165, 1.54) is 12.8 Å². The lowest BCUT2D eigenvalue weighted by Gasteiger charge is -2.16. The highest BCUT2D eigenvalue weighted by Crippen LogP contribution is 2.34. The van der Waals surface area contributed by atoms with E-state index < -0.39 is 9.05 Å². The third-order valence-electron chi connectivity index (χ3n) is 2.49. The Morgan fingerprint density at radius 2 is 2.12 bits per heavy atom. The van der Waals surface area contributed by atoms with Crippen LogP contribution in [0.2, 0.25) is 0 Å². The molecular weight excluding hydrogens is 252 g/mol. The van der Waals surface area contributed by atoms with Gasteiger partial charge in [-0.25, -0.2) is 8.42 Å². The summed E-state index contributed by atoms with van der Waals surface area (Å²) < 4.78 is 32.2. The summed E-state index contributed by atoms with van der Waals surface area (Å²) in [6.07, 6.45) is 3.04. The summed E-state index contributed by atoms with van der Waals surface area (Å²) in [6, 6.07) is 0. The van der Waals surface area contributed by atoms with E-state index in [1.54, 1.807) is 0 Å². The lowest BCUT2D eigenvalue weighted by molar-refractivity contribution is -0.0225. The molecule has 1 saturated carbocycles. The topological polar surface area (TPSA) is 52.6 Å². The van der Waals surface area contributed by atoms with E-state index in [1.807, 2.05) is 6.92 Å². The fourth-order valence-electron chi connectivity index (χ4n) is 1.54. The highest BCUT2D eigenvalue weighted by molar-refractivity contribution is 8.13. The van der Waals surface area contributed by atoms with Gasteiger partial charge in [-0.15, -0.1) is 0 Å². The molecule has 0 N–H and O–H groups in total. The van der Waals surface area contributed by atoms with Crippen LogP contribution in [0.4, 0.5) is 0 Å². The zero-order valence-corrected chi connectivity index (χ0v) is 11.1. The number of hydrogen-bond acceptors (Lipinski definition) is 4. The first-order valence-electron chi connectivity index (χ1n) is 5.64. The number of ether oxygens (including phenoxy) is 2. The number of hydrogen-bond donors (Lipinski definition) is 0. The summed E-state index contributed by atoms with van der Waals surface area (Å²) in [4.78, 5) is 0. The van der Waals surface area contributed by atoms with Gasteiger partial charge in [-0.2, -0.15) is 0 Å². The molecule has 1 aliphatic carbocycles. The van der Waals surface area contributed by atoms with Crippen LogP contribution in [0.1, 0.15) is 26.2 Å². The molecule has 6 heteroatoms. The van der Waals surface area contributed by atoms with Crippen LogP contribution in [0.15, 0.2) is 0 Å². The molecule has 96 valence electrons. The lowest BCUT2D eigenvalue weighted by Crippen LogP contribution is -2.22. The van der Waals surface area contributed by atoms with Crippen molar-refractivity contribution in [2.75, 3.05) is 25.6 Å². The van der Waals surface area contributed by atoms with Gasteiger partial charge in [0.15, 0.2) is 0 Å². The van der Waals surface area contributed by atoms with Crippen LogP contribution < -0.4 is 0 Å². The molecule has 1 fully saturated rings. The quantitative estimate of drug-likeness (QED) is 0.473. The molecule has 0 bridgehead atoms. The molecule has 0 saturated heterocycles. The first kappa shape index (κ1) is 14.2. The second kappa shape index (κ2) is 6.79. The third kappa shape index (κ3) is 6.68. The molecule has 1 aliphatic rings. The Labute approximate surface area is 102 Å². The van der Waals surface area contributed by atoms with Crippen molar-refractivity contribution in [1.29, 1.82) is 0 Å². The van der Waals surface area contributed by atoms with E-state index in [0.717, 1.165) is 0 Å². The van der Waals surface area contributed by atoms with Gasteiger partial charge in [-0.3, -0.25) is 0 Å². The molecule has 0 aromatic rings. The van der Waals surface area contributed by atoms with Gasteiger partial charge in [0.05, 0.1) is 18.5 Å². The van der Waals surface area contributed by atoms with E-state index in [2.05, 4.69) is 0 Å². The summed E-state index contributed by atoms with van der Waals surface area (Å²) in [5, 5.41) is 0. The maximum Gasteiger partial charge on any atom is 0.232 e. The molecular formula is C10H19ClO4S. The molecule has 0 spiro atoms. The van der Waals surface area contributed by atoms with Crippen LogP contribution in [0.25, 0.3) is 0 Å². The van der Waals surface area contributed by atoms with Gasteiger partial charge in [-0.1, -0.05) is 0 Å². The lowest BCUT2D eigenvalue weighted by atomic mass is 10.2. The average molecular weight is 271 g/mol. The maximum absolute atomic E-state index is 10.6. The standard InChI is InChI=1S/C10H19ClO4S/c1-2-15-10(9-4-5-9)8-14-6-3-7-16(11,12)13/h9-10H,2-8H2,1H3. The summed E-state index contributed by atoms with van der Waals surface area (Å²) in [5.74, 6) is 0.605. The Morgan fingerprint density at radius 3 is 2.62 bits per heavy atom. The molecule has 0 heterocycles. The predicted octanol–water partition coefficient (Wildman–Crippen LogP) is 1.78. The van der Waals surface area contributed by atoms with Crippen LogP contribution in [0.3, 0.4) is 0 Å². The zero-order valence-electron chi connectivity index (χ0n) is 9.52. The minimum atomic E-state index is -3.38. The first-order chi connectivity index (χ1) is 7.53. The Kier molecular flexibility index (Phi) is 6.03.